The zero-order valence-electron chi connectivity index (χ0n) is 18.2. The van der Waals surface area contributed by atoms with Crippen molar-refractivity contribution in [2.24, 2.45) is 0 Å². The smallest absolute Gasteiger partial charge is 0.261 e. The highest BCUT2D eigenvalue weighted by Crippen LogP contribution is 2.28. The Morgan fingerprint density at radius 3 is 2.38 bits per heavy atom. The topological polar surface area (TPSA) is 58.6 Å². The molecule has 0 aromatic heterocycles. The maximum Gasteiger partial charge on any atom is 0.261 e. The molecular weight excluding hydrogens is 563 g/mol. The second-order valence-corrected chi connectivity index (χ2v) is 9.61. The van der Waals surface area contributed by atoms with Gasteiger partial charge < -0.3 is 15.0 Å². The number of nitrogens with zero attached hydrogens (tertiary/aromatic N) is 1. The van der Waals surface area contributed by atoms with Crippen LogP contribution in [-0.4, -0.2) is 36.4 Å². The van der Waals surface area contributed by atoms with Crippen molar-refractivity contribution in [3.63, 3.8) is 0 Å². The minimum absolute atomic E-state index is 0.0944. The summed E-state index contributed by atoms with van der Waals surface area (Å²) < 4.78 is 6.50. The fourth-order valence-electron chi connectivity index (χ4n) is 3.37. The van der Waals surface area contributed by atoms with E-state index in [0.29, 0.717) is 32.8 Å². The van der Waals surface area contributed by atoms with Gasteiger partial charge in [0.05, 0.1) is 5.02 Å². The van der Waals surface area contributed by atoms with E-state index in [0.717, 1.165) is 10.0 Å². The standard InChI is InChI=1S/C25H22BrCl3N2O3/c1-30-25(33)22(11-16-5-3-2-4-6-16)31(14-17-7-9-19(27)13-20(17)28)24(32)15-34-23-10-8-18(26)12-21(23)29/h2-10,12-13,22H,11,14-15H2,1H3,(H,30,33)/t22-/m0/s1. The van der Waals surface area contributed by atoms with Crippen LogP contribution in [0.3, 0.4) is 0 Å². The normalized spacial score (nSPS) is 11.6. The van der Waals surface area contributed by atoms with Crippen molar-refractivity contribution in [1.29, 1.82) is 0 Å². The number of rotatable bonds is 9. The van der Waals surface area contributed by atoms with Gasteiger partial charge in [-0.1, -0.05) is 87.1 Å². The molecule has 1 N–H and O–H groups in total. The van der Waals surface area contributed by atoms with E-state index >= 15 is 0 Å². The molecule has 5 nitrogen and oxygen atoms in total. The van der Waals surface area contributed by atoms with Gasteiger partial charge in [0.25, 0.3) is 5.91 Å². The second kappa shape index (κ2) is 12.5. The molecule has 2 amide bonds. The molecule has 0 heterocycles. The average molecular weight is 585 g/mol. The molecule has 0 spiro atoms. The van der Waals surface area contributed by atoms with Gasteiger partial charge in [0.15, 0.2) is 6.61 Å². The molecule has 0 aliphatic heterocycles. The molecule has 0 saturated heterocycles. The first-order valence-electron chi connectivity index (χ1n) is 10.3. The van der Waals surface area contributed by atoms with Crippen LogP contribution in [-0.2, 0) is 22.6 Å². The highest BCUT2D eigenvalue weighted by Gasteiger charge is 2.30. The first kappa shape index (κ1) is 26.4. The zero-order valence-corrected chi connectivity index (χ0v) is 22.1. The van der Waals surface area contributed by atoms with Crippen LogP contribution < -0.4 is 10.1 Å². The molecular formula is C25H22BrCl3N2O3. The zero-order chi connectivity index (χ0) is 24.7. The fraction of sp³-hybridized carbons (Fsp3) is 0.200. The van der Waals surface area contributed by atoms with Crippen LogP contribution in [0.25, 0.3) is 0 Å². The maximum absolute atomic E-state index is 13.4. The predicted octanol–water partition coefficient (Wildman–Crippen LogP) is 6.17. The van der Waals surface area contributed by atoms with Crippen LogP contribution in [0.4, 0.5) is 0 Å². The van der Waals surface area contributed by atoms with Crippen LogP contribution in [0.1, 0.15) is 11.1 Å². The maximum atomic E-state index is 13.4. The first-order chi connectivity index (χ1) is 16.3. The number of hydrogen-bond acceptors (Lipinski definition) is 3. The van der Waals surface area contributed by atoms with Crippen molar-refractivity contribution in [3.8, 4) is 5.75 Å². The van der Waals surface area contributed by atoms with Crippen LogP contribution in [0.15, 0.2) is 71.2 Å². The minimum Gasteiger partial charge on any atom is -0.482 e. The quantitative estimate of drug-likeness (QED) is 0.327. The lowest BCUT2D eigenvalue weighted by Crippen LogP contribution is -2.51. The molecule has 9 heteroatoms. The van der Waals surface area contributed by atoms with Crippen molar-refractivity contribution in [2.45, 2.75) is 19.0 Å². The molecule has 0 radical (unpaired) electrons. The van der Waals surface area contributed by atoms with Gasteiger partial charge in [-0.3, -0.25) is 9.59 Å². The third-order valence-electron chi connectivity index (χ3n) is 5.12. The Balaban J connectivity index is 1.91. The van der Waals surface area contributed by atoms with E-state index < -0.39 is 11.9 Å². The van der Waals surface area contributed by atoms with Crippen molar-refractivity contribution < 1.29 is 14.3 Å². The van der Waals surface area contributed by atoms with Gasteiger partial charge in [-0.15, -0.1) is 0 Å². The first-order valence-corrected chi connectivity index (χ1v) is 12.3. The molecule has 3 rings (SSSR count). The monoisotopic (exact) mass is 582 g/mol. The molecule has 178 valence electrons. The minimum atomic E-state index is -0.796. The number of hydrogen-bond donors (Lipinski definition) is 1. The molecule has 0 aliphatic rings. The van der Waals surface area contributed by atoms with E-state index in [1.54, 1.807) is 36.4 Å². The Bertz CT molecular complexity index is 1160. The van der Waals surface area contributed by atoms with Gasteiger partial charge in [0, 0.05) is 34.5 Å². The number of benzene rings is 3. The SMILES string of the molecule is CNC(=O)[C@H](Cc1ccccc1)N(Cc1ccc(Cl)cc1Cl)C(=O)COc1ccc(Br)cc1Cl. The summed E-state index contributed by atoms with van der Waals surface area (Å²) in [5.41, 5.74) is 1.57. The van der Waals surface area contributed by atoms with Gasteiger partial charge in [0.2, 0.25) is 5.91 Å². The van der Waals surface area contributed by atoms with Crippen molar-refractivity contribution in [3.05, 3.63) is 97.4 Å². The van der Waals surface area contributed by atoms with E-state index in [9.17, 15) is 9.59 Å². The molecule has 0 fully saturated rings. The fourth-order valence-corrected chi connectivity index (χ4v) is 4.56. The summed E-state index contributed by atoms with van der Waals surface area (Å²) >= 11 is 22.0. The second-order valence-electron chi connectivity index (χ2n) is 7.44. The lowest BCUT2D eigenvalue weighted by molar-refractivity contribution is -0.142. The van der Waals surface area contributed by atoms with E-state index in [2.05, 4.69) is 21.2 Å². The van der Waals surface area contributed by atoms with Crippen molar-refractivity contribution in [2.75, 3.05) is 13.7 Å². The number of nitrogens with one attached hydrogen (secondary N) is 1. The lowest BCUT2D eigenvalue weighted by atomic mass is 10.0. The summed E-state index contributed by atoms with van der Waals surface area (Å²) in [4.78, 5) is 27.8. The van der Waals surface area contributed by atoms with Crippen LogP contribution >= 0.6 is 50.7 Å². The lowest BCUT2D eigenvalue weighted by Gasteiger charge is -2.31. The summed E-state index contributed by atoms with van der Waals surface area (Å²) in [5, 5.41) is 3.91. The van der Waals surface area contributed by atoms with E-state index in [1.807, 2.05) is 30.3 Å². The molecule has 0 unspecified atom stereocenters. The molecule has 0 saturated carbocycles. The Hall–Kier alpha value is -2.25. The van der Waals surface area contributed by atoms with Gasteiger partial charge in [-0.25, -0.2) is 0 Å². The summed E-state index contributed by atoms with van der Waals surface area (Å²) in [5.74, 6) is -0.333. The Kier molecular flexibility index (Phi) is 9.65. The summed E-state index contributed by atoms with van der Waals surface area (Å²) in [6, 6.07) is 18.8. The molecule has 34 heavy (non-hydrogen) atoms. The third-order valence-corrected chi connectivity index (χ3v) is 6.49. The Morgan fingerprint density at radius 1 is 1.00 bits per heavy atom. The Labute approximate surface area is 222 Å². The molecule has 1 atom stereocenters. The van der Waals surface area contributed by atoms with Crippen molar-refractivity contribution >= 4 is 62.5 Å². The number of carbonyl (C=O) groups is 2. The van der Waals surface area contributed by atoms with Crippen LogP contribution in [0.2, 0.25) is 15.1 Å². The predicted molar refractivity (Wildman–Crippen MR) is 140 cm³/mol. The number of likely N-dealkylation sites (N-methyl/N-ethyl adjacent to an activating group) is 1. The van der Waals surface area contributed by atoms with E-state index in [1.165, 1.54) is 11.9 Å². The molecule has 0 aliphatic carbocycles. The molecule has 3 aromatic rings. The Morgan fingerprint density at radius 2 is 1.74 bits per heavy atom. The average Bonchev–Trinajstić information content (AvgIpc) is 2.82. The highest BCUT2D eigenvalue weighted by atomic mass is 79.9. The largest absolute Gasteiger partial charge is 0.482 e. The number of amides is 2. The van der Waals surface area contributed by atoms with Gasteiger partial charge >= 0.3 is 0 Å². The summed E-state index contributed by atoms with van der Waals surface area (Å²) in [6.07, 6.45) is 0.316. The van der Waals surface area contributed by atoms with E-state index in [4.69, 9.17) is 39.5 Å². The molecule has 0 bridgehead atoms. The number of carbonyl (C=O) groups excluding carboxylic acids is 2. The highest BCUT2D eigenvalue weighted by molar-refractivity contribution is 9.10. The van der Waals surface area contributed by atoms with Crippen LogP contribution in [0.5, 0.6) is 5.75 Å². The van der Waals surface area contributed by atoms with Gasteiger partial charge in [-0.05, 0) is 41.5 Å². The van der Waals surface area contributed by atoms with E-state index in [-0.39, 0.29) is 19.1 Å². The van der Waals surface area contributed by atoms with Gasteiger partial charge in [-0.2, -0.15) is 0 Å². The number of halogens is 4. The van der Waals surface area contributed by atoms with Gasteiger partial charge in [0.1, 0.15) is 11.8 Å². The summed E-state index contributed by atoms with van der Waals surface area (Å²) in [6.45, 7) is -0.216. The number of ether oxygens (including phenoxy) is 1. The third kappa shape index (κ3) is 7.12. The van der Waals surface area contributed by atoms with Crippen molar-refractivity contribution in [1.82, 2.24) is 10.2 Å². The van der Waals surface area contributed by atoms with Crippen LogP contribution in [0, 0.1) is 0 Å². The summed E-state index contributed by atoms with van der Waals surface area (Å²) in [7, 11) is 1.54. The molecule has 3 aromatic carbocycles.